The third-order valence-corrected chi connectivity index (χ3v) is 3.16. The normalized spacial score (nSPS) is 10.0. The van der Waals surface area contributed by atoms with E-state index in [1.165, 1.54) is 23.3 Å². The van der Waals surface area contributed by atoms with Crippen molar-refractivity contribution >= 4 is 5.69 Å². The summed E-state index contributed by atoms with van der Waals surface area (Å²) in [5, 5.41) is 12.0. The maximum atomic E-state index is 13.6. The summed E-state index contributed by atoms with van der Waals surface area (Å²) in [7, 11) is 0. The molecule has 96 valence electrons. The van der Waals surface area contributed by atoms with Gasteiger partial charge in [0.2, 0.25) is 0 Å². The highest BCUT2D eigenvalue weighted by Gasteiger charge is 2.04. The fourth-order valence-electron chi connectivity index (χ4n) is 1.83. The van der Waals surface area contributed by atoms with Gasteiger partial charge < -0.3 is 5.32 Å². The van der Waals surface area contributed by atoms with Crippen molar-refractivity contribution in [3.05, 3.63) is 64.5 Å². The first-order valence-electron chi connectivity index (χ1n) is 6.10. The van der Waals surface area contributed by atoms with Gasteiger partial charge in [-0.15, -0.1) is 0 Å². The molecule has 0 amide bonds. The zero-order valence-corrected chi connectivity index (χ0v) is 11.0. The molecule has 3 heteroatoms. The van der Waals surface area contributed by atoms with Gasteiger partial charge in [0.1, 0.15) is 5.82 Å². The maximum Gasteiger partial charge on any atom is 0.128 e. The number of anilines is 1. The summed E-state index contributed by atoms with van der Waals surface area (Å²) >= 11 is 0. The fourth-order valence-corrected chi connectivity index (χ4v) is 1.83. The number of nitrogens with one attached hydrogen (secondary N) is 1. The van der Waals surface area contributed by atoms with Crippen LogP contribution in [0.25, 0.3) is 0 Å². The van der Waals surface area contributed by atoms with E-state index in [1.807, 2.05) is 31.2 Å². The Bertz CT molecular complexity index is 642. The lowest BCUT2D eigenvalue weighted by molar-refractivity contribution is 0.612. The Morgan fingerprint density at radius 3 is 2.58 bits per heavy atom. The largest absolute Gasteiger partial charge is 0.381 e. The summed E-state index contributed by atoms with van der Waals surface area (Å²) in [5.74, 6) is -0.296. The second-order valence-corrected chi connectivity index (χ2v) is 4.57. The van der Waals surface area contributed by atoms with Crippen molar-refractivity contribution in [1.82, 2.24) is 0 Å². The number of rotatable bonds is 3. The quantitative estimate of drug-likeness (QED) is 0.900. The van der Waals surface area contributed by atoms with Gasteiger partial charge in [-0.3, -0.25) is 0 Å². The monoisotopic (exact) mass is 254 g/mol. The molecule has 0 aliphatic carbocycles. The van der Waals surface area contributed by atoms with E-state index in [1.54, 1.807) is 6.07 Å². The molecule has 0 saturated carbocycles. The van der Waals surface area contributed by atoms with Crippen molar-refractivity contribution in [3.8, 4) is 6.07 Å². The highest BCUT2D eigenvalue weighted by Crippen LogP contribution is 2.16. The van der Waals surface area contributed by atoms with Crippen LogP contribution in [0.3, 0.4) is 0 Å². The highest BCUT2D eigenvalue weighted by molar-refractivity contribution is 5.48. The minimum absolute atomic E-state index is 0.296. The summed E-state index contributed by atoms with van der Waals surface area (Å²) in [5.41, 5.74) is 4.33. The molecule has 0 heterocycles. The Morgan fingerprint density at radius 2 is 1.89 bits per heavy atom. The molecule has 0 aromatic heterocycles. The van der Waals surface area contributed by atoms with Gasteiger partial charge in [0.15, 0.2) is 0 Å². The Hall–Kier alpha value is -2.34. The smallest absolute Gasteiger partial charge is 0.128 e. The van der Waals surface area contributed by atoms with Crippen molar-refractivity contribution in [2.75, 3.05) is 5.32 Å². The molecule has 0 saturated heterocycles. The van der Waals surface area contributed by atoms with Gasteiger partial charge in [0.25, 0.3) is 0 Å². The minimum Gasteiger partial charge on any atom is -0.381 e. The first-order valence-corrected chi connectivity index (χ1v) is 6.10. The van der Waals surface area contributed by atoms with Crippen LogP contribution in [-0.2, 0) is 6.54 Å². The molecule has 1 N–H and O–H groups in total. The number of benzene rings is 2. The maximum absolute atomic E-state index is 13.6. The van der Waals surface area contributed by atoms with Crippen molar-refractivity contribution in [2.45, 2.75) is 20.4 Å². The van der Waals surface area contributed by atoms with Crippen LogP contribution in [0.4, 0.5) is 10.1 Å². The van der Waals surface area contributed by atoms with Crippen LogP contribution >= 0.6 is 0 Å². The zero-order valence-electron chi connectivity index (χ0n) is 11.0. The average molecular weight is 254 g/mol. The first-order chi connectivity index (χ1) is 9.10. The fraction of sp³-hybridized carbons (Fsp3) is 0.188. The Kier molecular flexibility index (Phi) is 3.82. The predicted molar refractivity (Wildman–Crippen MR) is 74.4 cm³/mol. The molecule has 2 aromatic rings. The van der Waals surface area contributed by atoms with Crippen molar-refractivity contribution < 1.29 is 4.39 Å². The molecule has 0 atom stereocenters. The molecular weight excluding hydrogens is 239 g/mol. The lowest BCUT2D eigenvalue weighted by atomic mass is 10.1. The van der Waals surface area contributed by atoms with Crippen LogP contribution in [0.15, 0.2) is 36.4 Å². The number of hydrogen-bond donors (Lipinski definition) is 1. The van der Waals surface area contributed by atoms with E-state index in [0.29, 0.717) is 17.7 Å². The van der Waals surface area contributed by atoms with Crippen LogP contribution in [-0.4, -0.2) is 0 Å². The number of hydrogen-bond acceptors (Lipinski definition) is 2. The third kappa shape index (κ3) is 3.11. The molecule has 0 aliphatic rings. The lowest BCUT2D eigenvalue weighted by Gasteiger charge is -2.09. The van der Waals surface area contributed by atoms with Crippen molar-refractivity contribution in [2.24, 2.45) is 0 Å². The molecule has 0 bridgehead atoms. The van der Waals surface area contributed by atoms with E-state index in [9.17, 15) is 4.39 Å². The van der Waals surface area contributed by atoms with Crippen LogP contribution in [0.2, 0.25) is 0 Å². The molecule has 0 fully saturated rings. The Morgan fingerprint density at radius 1 is 1.11 bits per heavy atom. The van der Waals surface area contributed by atoms with Crippen LogP contribution in [0.5, 0.6) is 0 Å². The summed E-state index contributed by atoms with van der Waals surface area (Å²) in [6.07, 6.45) is 0. The van der Waals surface area contributed by atoms with Gasteiger partial charge in [0.05, 0.1) is 11.6 Å². The first kappa shape index (κ1) is 13.1. The topological polar surface area (TPSA) is 35.8 Å². The number of nitriles is 1. The van der Waals surface area contributed by atoms with Crippen molar-refractivity contribution in [1.29, 1.82) is 5.26 Å². The van der Waals surface area contributed by atoms with Gasteiger partial charge >= 0.3 is 0 Å². The van der Waals surface area contributed by atoms with Gasteiger partial charge in [-0.05, 0) is 55.3 Å². The summed E-state index contributed by atoms with van der Waals surface area (Å²) in [6.45, 7) is 4.45. The van der Waals surface area contributed by atoms with Crippen molar-refractivity contribution in [3.63, 3.8) is 0 Å². The minimum atomic E-state index is -0.296. The molecule has 2 rings (SSSR count). The molecule has 0 unspecified atom stereocenters. The Balaban J connectivity index is 2.14. The predicted octanol–water partition coefficient (Wildman–Crippen LogP) is 3.93. The molecule has 0 spiro atoms. The number of nitrogens with zero attached hydrogens (tertiary/aromatic N) is 1. The van der Waals surface area contributed by atoms with E-state index >= 15 is 0 Å². The lowest BCUT2D eigenvalue weighted by Crippen LogP contribution is -2.02. The second-order valence-electron chi connectivity index (χ2n) is 4.57. The van der Waals surface area contributed by atoms with Gasteiger partial charge in [-0.2, -0.15) is 5.26 Å². The van der Waals surface area contributed by atoms with Gasteiger partial charge in [0, 0.05) is 17.8 Å². The van der Waals surface area contributed by atoms with Crippen LogP contribution in [0.1, 0.15) is 22.3 Å². The Labute approximate surface area is 112 Å². The van der Waals surface area contributed by atoms with Gasteiger partial charge in [-0.25, -0.2) is 4.39 Å². The van der Waals surface area contributed by atoms with Crippen LogP contribution in [0, 0.1) is 31.0 Å². The molecule has 0 aliphatic heterocycles. The van der Waals surface area contributed by atoms with Gasteiger partial charge in [-0.1, -0.05) is 6.07 Å². The summed E-state index contributed by atoms with van der Waals surface area (Å²) in [4.78, 5) is 0. The number of aryl methyl sites for hydroxylation is 2. The standard InChI is InChI=1S/C16H15FN2/c1-11-3-5-15(7-12(11)2)19-10-14-8-13(9-18)4-6-16(14)17/h3-8,19H,10H2,1-2H3. The summed E-state index contributed by atoms with van der Waals surface area (Å²) in [6, 6.07) is 12.4. The van der Waals surface area contributed by atoms with E-state index in [2.05, 4.69) is 12.2 Å². The van der Waals surface area contributed by atoms with E-state index in [-0.39, 0.29) is 5.82 Å². The molecule has 2 aromatic carbocycles. The average Bonchev–Trinajstić information content (AvgIpc) is 2.41. The van der Waals surface area contributed by atoms with E-state index in [0.717, 1.165) is 5.69 Å². The molecule has 0 radical (unpaired) electrons. The second kappa shape index (κ2) is 5.53. The third-order valence-electron chi connectivity index (χ3n) is 3.16. The summed E-state index contributed by atoms with van der Waals surface area (Å²) < 4.78 is 13.6. The highest BCUT2D eigenvalue weighted by atomic mass is 19.1. The zero-order chi connectivity index (χ0) is 13.8. The van der Waals surface area contributed by atoms with Crippen LogP contribution < -0.4 is 5.32 Å². The molecule has 19 heavy (non-hydrogen) atoms. The van der Waals surface area contributed by atoms with E-state index < -0.39 is 0 Å². The SMILES string of the molecule is Cc1ccc(NCc2cc(C#N)ccc2F)cc1C. The number of halogens is 1. The van der Waals surface area contributed by atoms with E-state index in [4.69, 9.17) is 5.26 Å². The molecular formula is C16H15FN2. The molecule has 2 nitrogen and oxygen atoms in total.